The first kappa shape index (κ1) is 15.6. The molecule has 0 atom stereocenters. The first-order valence-electron chi connectivity index (χ1n) is 8.19. The quantitative estimate of drug-likeness (QED) is 0.890. The van der Waals surface area contributed by atoms with Crippen LogP contribution in [0.3, 0.4) is 0 Å². The van der Waals surface area contributed by atoms with E-state index in [1.165, 1.54) is 0 Å². The van der Waals surface area contributed by atoms with Crippen molar-refractivity contribution in [3.63, 3.8) is 0 Å². The van der Waals surface area contributed by atoms with Crippen molar-refractivity contribution in [1.29, 1.82) is 0 Å². The number of rotatable bonds is 5. The summed E-state index contributed by atoms with van der Waals surface area (Å²) in [5.74, 6) is 0.565. The summed E-state index contributed by atoms with van der Waals surface area (Å²) in [5, 5.41) is 3.89. The smallest absolute Gasteiger partial charge is 0.256 e. The molecule has 1 fully saturated rings. The van der Waals surface area contributed by atoms with Crippen molar-refractivity contribution in [3.8, 4) is 0 Å². The van der Waals surface area contributed by atoms with E-state index in [4.69, 9.17) is 0 Å². The third-order valence-corrected chi connectivity index (χ3v) is 4.38. The van der Waals surface area contributed by atoms with Crippen molar-refractivity contribution in [2.45, 2.75) is 20.3 Å². The van der Waals surface area contributed by atoms with Gasteiger partial charge in [-0.25, -0.2) is 0 Å². The molecule has 3 rings (SSSR count). The normalized spacial score (nSPS) is 15.0. The minimum absolute atomic E-state index is 0.00585. The number of nitrogens with zero attached hydrogens (tertiary/aromatic N) is 1. The van der Waals surface area contributed by atoms with E-state index in [-0.39, 0.29) is 17.7 Å². The van der Waals surface area contributed by atoms with Gasteiger partial charge in [0.25, 0.3) is 5.91 Å². The molecule has 1 aromatic carbocycles. The Bertz CT molecular complexity index is 714. The Morgan fingerprint density at radius 3 is 2.78 bits per heavy atom. The van der Waals surface area contributed by atoms with Crippen molar-refractivity contribution in [2.75, 3.05) is 19.6 Å². The standard InChI is InChI=1S/C18H23N3O2/c1-12(2)7-8-19-17(22)13-10-21(11-13)18(23)15-9-20-16-6-4-3-5-14(15)16/h3-6,9,12-13,20H,7-8,10-11H2,1-2H3,(H,19,22). The van der Waals surface area contributed by atoms with Gasteiger partial charge in [0, 0.05) is 36.7 Å². The summed E-state index contributed by atoms with van der Waals surface area (Å²) < 4.78 is 0. The Morgan fingerprint density at radius 2 is 2.04 bits per heavy atom. The van der Waals surface area contributed by atoms with Crippen LogP contribution in [-0.2, 0) is 4.79 Å². The summed E-state index contributed by atoms with van der Waals surface area (Å²) in [6.07, 6.45) is 2.74. The van der Waals surface area contributed by atoms with Gasteiger partial charge >= 0.3 is 0 Å². The summed E-state index contributed by atoms with van der Waals surface area (Å²) in [6.45, 7) is 6.00. The minimum atomic E-state index is -0.0729. The first-order chi connectivity index (χ1) is 11.1. The Balaban J connectivity index is 1.55. The maximum Gasteiger partial charge on any atom is 0.256 e. The summed E-state index contributed by atoms with van der Waals surface area (Å²) >= 11 is 0. The molecule has 1 aromatic heterocycles. The molecule has 0 unspecified atom stereocenters. The van der Waals surface area contributed by atoms with E-state index in [1.807, 2.05) is 24.3 Å². The highest BCUT2D eigenvalue weighted by molar-refractivity contribution is 6.07. The lowest BCUT2D eigenvalue weighted by atomic mass is 9.97. The van der Waals surface area contributed by atoms with Gasteiger partial charge in [-0.1, -0.05) is 32.0 Å². The van der Waals surface area contributed by atoms with E-state index >= 15 is 0 Å². The molecule has 0 aliphatic carbocycles. The van der Waals surface area contributed by atoms with Gasteiger partial charge in [-0.05, 0) is 18.4 Å². The Hall–Kier alpha value is -2.30. The lowest BCUT2D eigenvalue weighted by Gasteiger charge is -2.38. The maximum atomic E-state index is 12.5. The molecule has 1 aliphatic rings. The number of aromatic nitrogens is 1. The molecule has 2 heterocycles. The summed E-state index contributed by atoms with van der Waals surface area (Å²) in [5.41, 5.74) is 1.64. The van der Waals surface area contributed by atoms with Crippen molar-refractivity contribution >= 4 is 22.7 Å². The number of carbonyl (C=O) groups excluding carboxylic acids is 2. The number of hydrogen-bond acceptors (Lipinski definition) is 2. The number of nitrogens with one attached hydrogen (secondary N) is 2. The lowest BCUT2D eigenvalue weighted by Crippen LogP contribution is -2.55. The van der Waals surface area contributed by atoms with E-state index in [0.717, 1.165) is 17.3 Å². The zero-order valence-electron chi connectivity index (χ0n) is 13.6. The molecule has 2 N–H and O–H groups in total. The molecule has 1 aliphatic heterocycles. The maximum absolute atomic E-state index is 12.5. The van der Waals surface area contributed by atoms with E-state index in [2.05, 4.69) is 24.1 Å². The van der Waals surface area contributed by atoms with Crippen LogP contribution >= 0.6 is 0 Å². The van der Waals surface area contributed by atoms with Crippen molar-refractivity contribution < 1.29 is 9.59 Å². The third kappa shape index (κ3) is 3.23. The molecule has 2 amide bonds. The third-order valence-electron chi connectivity index (χ3n) is 4.38. The lowest BCUT2D eigenvalue weighted by molar-refractivity contribution is -0.129. The van der Waals surface area contributed by atoms with Crippen LogP contribution < -0.4 is 5.32 Å². The molecule has 0 radical (unpaired) electrons. The van der Waals surface area contributed by atoms with Gasteiger partial charge in [0.15, 0.2) is 0 Å². The predicted molar refractivity (Wildman–Crippen MR) is 90.2 cm³/mol. The van der Waals surface area contributed by atoms with Crippen molar-refractivity contribution in [3.05, 3.63) is 36.0 Å². The number of likely N-dealkylation sites (tertiary alicyclic amines) is 1. The van der Waals surface area contributed by atoms with Crippen molar-refractivity contribution in [2.24, 2.45) is 11.8 Å². The van der Waals surface area contributed by atoms with Crippen molar-refractivity contribution in [1.82, 2.24) is 15.2 Å². The highest BCUT2D eigenvalue weighted by Crippen LogP contribution is 2.24. The molecule has 0 saturated carbocycles. The number of para-hydroxylation sites is 1. The summed E-state index contributed by atoms with van der Waals surface area (Å²) in [7, 11) is 0. The predicted octanol–water partition coefficient (Wildman–Crippen LogP) is 2.40. The Kier molecular flexibility index (Phi) is 4.37. The fourth-order valence-corrected chi connectivity index (χ4v) is 2.86. The Morgan fingerprint density at radius 1 is 1.30 bits per heavy atom. The molecule has 23 heavy (non-hydrogen) atoms. The van der Waals surface area contributed by atoms with Crippen LogP contribution in [0.15, 0.2) is 30.5 Å². The molecule has 0 spiro atoms. The average molecular weight is 313 g/mol. The molecule has 5 heteroatoms. The second kappa shape index (κ2) is 6.44. The van der Waals surface area contributed by atoms with Gasteiger partial charge in [0.05, 0.1) is 11.5 Å². The van der Waals surface area contributed by atoms with Crippen LogP contribution in [-0.4, -0.2) is 41.3 Å². The number of carbonyl (C=O) groups is 2. The number of fused-ring (bicyclic) bond motifs is 1. The van der Waals surface area contributed by atoms with Gasteiger partial charge in [-0.15, -0.1) is 0 Å². The monoisotopic (exact) mass is 313 g/mol. The zero-order valence-corrected chi connectivity index (χ0v) is 13.6. The fourth-order valence-electron chi connectivity index (χ4n) is 2.86. The van der Waals surface area contributed by atoms with Gasteiger partial charge < -0.3 is 15.2 Å². The van der Waals surface area contributed by atoms with Crippen LogP contribution in [0.4, 0.5) is 0 Å². The first-order valence-corrected chi connectivity index (χ1v) is 8.19. The topological polar surface area (TPSA) is 65.2 Å². The van der Waals surface area contributed by atoms with Crippen LogP contribution in [0.5, 0.6) is 0 Å². The zero-order chi connectivity index (χ0) is 16.4. The molecule has 1 saturated heterocycles. The average Bonchev–Trinajstić information content (AvgIpc) is 2.89. The molecule has 2 aromatic rings. The van der Waals surface area contributed by atoms with Crippen LogP contribution in [0, 0.1) is 11.8 Å². The van der Waals surface area contributed by atoms with Crippen LogP contribution in [0.1, 0.15) is 30.6 Å². The van der Waals surface area contributed by atoms with E-state index in [9.17, 15) is 9.59 Å². The second-order valence-corrected chi connectivity index (χ2v) is 6.63. The molecular weight excluding hydrogens is 290 g/mol. The molecule has 5 nitrogen and oxygen atoms in total. The van der Waals surface area contributed by atoms with E-state index in [1.54, 1.807) is 11.1 Å². The van der Waals surface area contributed by atoms with E-state index < -0.39 is 0 Å². The molecular formula is C18H23N3O2. The number of H-pyrrole nitrogens is 1. The number of aromatic amines is 1. The molecule has 122 valence electrons. The summed E-state index contributed by atoms with van der Waals surface area (Å²) in [6, 6.07) is 7.75. The molecule has 0 bridgehead atoms. The largest absolute Gasteiger partial charge is 0.360 e. The number of benzene rings is 1. The van der Waals surface area contributed by atoms with Gasteiger partial charge in [0.2, 0.25) is 5.91 Å². The van der Waals surface area contributed by atoms with Gasteiger partial charge in [-0.3, -0.25) is 9.59 Å². The fraction of sp³-hybridized carbons (Fsp3) is 0.444. The Labute approximate surface area is 136 Å². The van der Waals surface area contributed by atoms with Gasteiger partial charge in [0.1, 0.15) is 0 Å². The highest BCUT2D eigenvalue weighted by Gasteiger charge is 2.36. The second-order valence-electron chi connectivity index (χ2n) is 6.63. The number of amides is 2. The van der Waals surface area contributed by atoms with Crippen LogP contribution in [0.25, 0.3) is 10.9 Å². The number of hydrogen-bond donors (Lipinski definition) is 2. The van der Waals surface area contributed by atoms with Crippen LogP contribution in [0.2, 0.25) is 0 Å². The highest BCUT2D eigenvalue weighted by atomic mass is 16.2. The SMILES string of the molecule is CC(C)CCNC(=O)C1CN(C(=O)c2c[nH]c3ccccc23)C1. The van der Waals surface area contributed by atoms with E-state index in [0.29, 0.717) is 31.1 Å². The minimum Gasteiger partial charge on any atom is -0.360 e. The summed E-state index contributed by atoms with van der Waals surface area (Å²) in [4.78, 5) is 29.4. The van der Waals surface area contributed by atoms with Gasteiger partial charge in [-0.2, -0.15) is 0 Å².